The van der Waals surface area contributed by atoms with Crippen LogP contribution in [-0.4, -0.2) is 16.1 Å². The van der Waals surface area contributed by atoms with Crippen molar-refractivity contribution in [1.29, 1.82) is 0 Å². The van der Waals surface area contributed by atoms with Crippen LogP contribution in [0.2, 0.25) is 0 Å². The fraction of sp³-hybridized carbons (Fsp3) is 0.385. The Morgan fingerprint density at radius 1 is 1.41 bits per heavy atom. The number of benzene rings is 1. The zero-order valence-electron chi connectivity index (χ0n) is 10.1. The van der Waals surface area contributed by atoms with E-state index in [-0.39, 0.29) is 5.92 Å². The van der Waals surface area contributed by atoms with E-state index in [0.29, 0.717) is 11.5 Å². The quantitative estimate of drug-likeness (QED) is 0.885. The van der Waals surface area contributed by atoms with E-state index in [1.165, 1.54) is 0 Å². The van der Waals surface area contributed by atoms with Crippen LogP contribution in [0.25, 0.3) is 11.1 Å². The number of fused-ring (bicyclic) bond motifs is 1. The van der Waals surface area contributed by atoms with Crippen molar-refractivity contribution in [2.24, 2.45) is 5.92 Å². The maximum atomic E-state index is 10.9. The topological polar surface area (TPSA) is 63.3 Å². The Bertz CT molecular complexity index is 559. The second kappa shape index (κ2) is 4.20. The van der Waals surface area contributed by atoms with Crippen molar-refractivity contribution >= 4 is 17.1 Å². The first-order valence-electron chi connectivity index (χ1n) is 5.59. The summed E-state index contributed by atoms with van der Waals surface area (Å²) < 4.78 is 5.58. The highest BCUT2D eigenvalue weighted by Gasteiger charge is 2.25. The third kappa shape index (κ3) is 2.16. The molecule has 0 saturated heterocycles. The van der Waals surface area contributed by atoms with E-state index >= 15 is 0 Å². The van der Waals surface area contributed by atoms with Crippen molar-refractivity contribution in [3.63, 3.8) is 0 Å². The van der Waals surface area contributed by atoms with Crippen LogP contribution in [0.4, 0.5) is 0 Å². The lowest BCUT2D eigenvalue weighted by molar-refractivity contribution is -0.141. The Labute approximate surface area is 99.3 Å². The number of aromatic nitrogens is 1. The number of hydrogen-bond acceptors (Lipinski definition) is 3. The molecule has 0 aliphatic heterocycles. The average molecular weight is 233 g/mol. The van der Waals surface area contributed by atoms with Gasteiger partial charge in [0.2, 0.25) is 0 Å². The molecule has 17 heavy (non-hydrogen) atoms. The number of aliphatic carboxylic acids is 1. The van der Waals surface area contributed by atoms with Crippen molar-refractivity contribution in [3.05, 3.63) is 29.7 Å². The normalized spacial score (nSPS) is 14.8. The number of hydrogen-bond donors (Lipinski definition) is 1. The van der Waals surface area contributed by atoms with Crippen molar-refractivity contribution in [1.82, 2.24) is 4.98 Å². The molecular formula is C13H15NO3. The summed E-state index contributed by atoms with van der Waals surface area (Å²) in [6, 6.07) is 5.74. The summed E-state index contributed by atoms with van der Waals surface area (Å²) in [5, 5.41) is 8.96. The van der Waals surface area contributed by atoms with Gasteiger partial charge in [0.1, 0.15) is 5.52 Å². The Hall–Kier alpha value is -1.84. The second-order valence-corrected chi connectivity index (χ2v) is 4.44. The highest BCUT2D eigenvalue weighted by molar-refractivity contribution is 5.74. The van der Waals surface area contributed by atoms with Gasteiger partial charge in [-0.1, -0.05) is 19.9 Å². The Morgan fingerprint density at radius 3 is 2.76 bits per heavy atom. The first kappa shape index (κ1) is 11.6. The molecular weight excluding hydrogens is 218 g/mol. The first-order valence-corrected chi connectivity index (χ1v) is 5.59. The molecule has 90 valence electrons. The van der Waals surface area contributed by atoms with Gasteiger partial charge in [-0.05, 0) is 24.6 Å². The number of nitrogens with zero attached hydrogens (tertiary/aromatic N) is 1. The van der Waals surface area contributed by atoms with E-state index in [2.05, 4.69) is 4.98 Å². The molecule has 2 rings (SSSR count). The molecule has 0 fully saturated rings. The molecule has 1 aromatic carbocycles. The minimum absolute atomic E-state index is 0.236. The van der Waals surface area contributed by atoms with Crippen LogP contribution in [0, 0.1) is 12.8 Å². The number of carbonyl (C=O) groups is 1. The van der Waals surface area contributed by atoms with Gasteiger partial charge < -0.3 is 9.52 Å². The number of aryl methyl sites for hydroxylation is 1. The Kier molecular flexibility index (Phi) is 2.88. The Morgan fingerprint density at radius 2 is 2.12 bits per heavy atom. The number of carboxylic acid groups (broad SMARTS) is 1. The van der Waals surface area contributed by atoms with E-state index in [9.17, 15) is 4.79 Å². The summed E-state index contributed by atoms with van der Waals surface area (Å²) in [5.41, 5.74) is 2.59. The molecule has 0 saturated carbocycles. The number of oxazole rings is 1. The molecule has 0 aliphatic rings. The monoisotopic (exact) mass is 233 g/mol. The summed E-state index contributed by atoms with van der Waals surface area (Å²) in [5.74, 6) is -1.10. The lowest BCUT2D eigenvalue weighted by atomic mass is 9.96. The van der Waals surface area contributed by atoms with Gasteiger partial charge in [-0.15, -0.1) is 0 Å². The molecule has 1 heterocycles. The summed E-state index contributed by atoms with van der Waals surface area (Å²) in [4.78, 5) is 15.3. The molecule has 0 radical (unpaired) electrons. The predicted octanol–water partition coefficient (Wildman–Crippen LogP) is 2.96. The number of rotatable bonds is 3. The van der Waals surface area contributed by atoms with Gasteiger partial charge >= 0.3 is 5.97 Å². The minimum atomic E-state index is -0.837. The summed E-state index contributed by atoms with van der Waals surface area (Å²) in [6.45, 7) is 5.46. The largest absolute Gasteiger partial charge is 0.481 e. The third-order valence-electron chi connectivity index (χ3n) is 3.09. The van der Waals surface area contributed by atoms with Crippen LogP contribution in [0.3, 0.4) is 0 Å². The van der Waals surface area contributed by atoms with Crippen LogP contribution in [0.5, 0.6) is 0 Å². The Balaban J connectivity index is 2.39. The highest BCUT2D eigenvalue weighted by Crippen LogP contribution is 2.27. The smallest absolute Gasteiger partial charge is 0.307 e. The summed E-state index contributed by atoms with van der Waals surface area (Å²) in [6.07, 6.45) is 0. The molecule has 2 aromatic rings. The van der Waals surface area contributed by atoms with E-state index in [4.69, 9.17) is 9.52 Å². The van der Waals surface area contributed by atoms with Gasteiger partial charge in [0.15, 0.2) is 11.5 Å². The molecule has 2 atom stereocenters. The second-order valence-electron chi connectivity index (χ2n) is 4.44. The van der Waals surface area contributed by atoms with Gasteiger partial charge in [-0.3, -0.25) is 4.79 Å². The van der Waals surface area contributed by atoms with E-state index in [1.54, 1.807) is 6.92 Å². The molecule has 0 amide bonds. The van der Waals surface area contributed by atoms with Gasteiger partial charge in [-0.25, -0.2) is 4.98 Å². The fourth-order valence-corrected chi connectivity index (χ4v) is 1.68. The van der Waals surface area contributed by atoms with E-state index in [0.717, 1.165) is 11.1 Å². The fourth-order valence-electron chi connectivity index (χ4n) is 1.68. The molecule has 2 unspecified atom stereocenters. The lowest BCUT2D eigenvalue weighted by Crippen LogP contribution is -2.16. The van der Waals surface area contributed by atoms with Crippen LogP contribution in [-0.2, 0) is 4.79 Å². The molecule has 1 aromatic heterocycles. The van der Waals surface area contributed by atoms with Crippen LogP contribution < -0.4 is 0 Å². The van der Waals surface area contributed by atoms with Crippen LogP contribution in [0.1, 0.15) is 31.2 Å². The third-order valence-corrected chi connectivity index (χ3v) is 3.09. The van der Waals surface area contributed by atoms with E-state index in [1.807, 2.05) is 32.0 Å². The standard InChI is InChI=1S/C13H15NO3/c1-7-4-5-11-10(6-7)14-12(17-11)8(2)9(3)13(15)16/h4-6,8-9H,1-3H3,(H,15,16). The van der Waals surface area contributed by atoms with Gasteiger partial charge in [0.25, 0.3) is 0 Å². The van der Waals surface area contributed by atoms with Crippen molar-refractivity contribution in [2.45, 2.75) is 26.7 Å². The van der Waals surface area contributed by atoms with Gasteiger partial charge in [-0.2, -0.15) is 0 Å². The molecule has 0 bridgehead atoms. The van der Waals surface area contributed by atoms with Crippen molar-refractivity contribution in [3.8, 4) is 0 Å². The summed E-state index contributed by atoms with van der Waals surface area (Å²) >= 11 is 0. The molecule has 0 aliphatic carbocycles. The van der Waals surface area contributed by atoms with Gasteiger partial charge in [0.05, 0.1) is 5.92 Å². The van der Waals surface area contributed by atoms with Crippen molar-refractivity contribution < 1.29 is 14.3 Å². The van der Waals surface area contributed by atoms with Crippen LogP contribution >= 0.6 is 0 Å². The predicted molar refractivity (Wildman–Crippen MR) is 64.0 cm³/mol. The van der Waals surface area contributed by atoms with E-state index < -0.39 is 11.9 Å². The molecule has 4 heteroatoms. The molecule has 4 nitrogen and oxygen atoms in total. The lowest BCUT2D eigenvalue weighted by Gasteiger charge is -2.11. The average Bonchev–Trinajstić information content (AvgIpc) is 2.69. The first-order chi connectivity index (χ1) is 7.99. The maximum absolute atomic E-state index is 10.9. The summed E-state index contributed by atoms with van der Waals surface area (Å²) in [7, 11) is 0. The van der Waals surface area contributed by atoms with Crippen LogP contribution in [0.15, 0.2) is 22.6 Å². The van der Waals surface area contributed by atoms with Crippen molar-refractivity contribution in [2.75, 3.05) is 0 Å². The SMILES string of the molecule is Cc1ccc2oc(C(C)C(C)C(=O)O)nc2c1. The van der Waals surface area contributed by atoms with Gasteiger partial charge in [0, 0.05) is 5.92 Å². The zero-order valence-corrected chi connectivity index (χ0v) is 10.1. The minimum Gasteiger partial charge on any atom is -0.481 e. The molecule has 1 N–H and O–H groups in total. The number of carboxylic acids is 1. The maximum Gasteiger partial charge on any atom is 0.307 e. The molecule has 0 spiro atoms. The highest BCUT2D eigenvalue weighted by atomic mass is 16.4. The zero-order chi connectivity index (χ0) is 12.6.